The van der Waals surface area contributed by atoms with Crippen LogP contribution in [0, 0.1) is 6.92 Å². The third-order valence-electron chi connectivity index (χ3n) is 2.39. The monoisotopic (exact) mass is 273 g/mol. The minimum absolute atomic E-state index is 0.189. The molecule has 0 amide bonds. The average molecular weight is 273 g/mol. The van der Waals surface area contributed by atoms with Crippen LogP contribution < -0.4 is 4.74 Å². The molecule has 2 aromatic rings. The Kier molecular flexibility index (Phi) is 4.15. The molecule has 0 radical (unpaired) electrons. The van der Waals surface area contributed by atoms with E-state index in [1.807, 2.05) is 55.1 Å². The van der Waals surface area contributed by atoms with Crippen LogP contribution in [0.15, 0.2) is 47.4 Å². The Balaban J connectivity index is 2.15. The number of thioether (sulfide) groups is 1. The number of pyridine rings is 1. The van der Waals surface area contributed by atoms with Crippen LogP contribution >= 0.6 is 11.8 Å². The van der Waals surface area contributed by atoms with Crippen LogP contribution in [0.4, 0.5) is 0 Å². The van der Waals surface area contributed by atoms with E-state index in [0.717, 1.165) is 11.4 Å². The number of para-hydroxylation sites is 1. The fourth-order valence-electron chi connectivity index (χ4n) is 1.63. The van der Waals surface area contributed by atoms with E-state index in [1.54, 1.807) is 0 Å². The summed E-state index contributed by atoms with van der Waals surface area (Å²) in [6.07, 6.45) is 0. The number of aryl methyl sites for hydroxylation is 1. The zero-order chi connectivity index (χ0) is 13.9. The topological polar surface area (TPSA) is 22.1 Å². The van der Waals surface area contributed by atoms with Crippen molar-refractivity contribution in [2.24, 2.45) is 0 Å². The van der Waals surface area contributed by atoms with Crippen molar-refractivity contribution in [3.05, 3.63) is 48.2 Å². The minimum atomic E-state index is 0.189. The molecule has 100 valence electrons. The molecule has 0 saturated heterocycles. The Hall–Kier alpha value is -1.48. The summed E-state index contributed by atoms with van der Waals surface area (Å²) in [4.78, 5) is 5.71. The smallest absolute Gasteiger partial charge is 0.219 e. The van der Waals surface area contributed by atoms with Gasteiger partial charge in [0.2, 0.25) is 5.88 Å². The number of ether oxygens (including phenoxy) is 1. The molecule has 0 spiro atoms. The van der Waals surface area contributed by atoms with E-state index in [-0.39, 0.29) is 4.75 Å². The second kappa shape index (κ2) is 5.66. The maximum absolute atomic E-state index is 5.72. The van der Waals surface area contributed by atoms with Gasteiger partial charge in [0, 0.05) is 15.7 Å². The molecule has 0 saturated carbocycles. The first-order valence-electron chi connectivity index (χ1n) is 6.34. The van der Waals surface area contributed by atoms with Gasteiger partial charge in [0.1, 0.15) is 5.75 Å². The Labute approximate surface area is 119 Å². The van der Waals surface area contributed by atoms with E-state index in [2.05, 4.69) is 31.8 Å². The highest BCUT2D eigenvalue weighted by Gasteiger charge is 2.14. The lowest BCUT2D eigenvalue weighted by molar-refractivity contribution is 0.460. The second-order valence-corrected chi connectivity index (χ2v) is 7.23. The van der Waals surface area contributed by atoms with Gasteiger partial charge in [-0.25, -0.2) is 4.98 Å². The molecular weight excluding hydrogens is 254 g/mol. The van der Waals surface area contributed by atoms with Gasteiger partial charge < -0.3 is 4.74 Å². The van der Waals surface area contributed by atoms with Crippen LogP contribution in [0.5, 0.6) is 11.6 Å². The predicted molar refractivity (Wildman–Crippen MR) is 81.1 cm³/mol. The maximum atomic E-state index is 5.72. The highest BCUT2D eigenvalue weighted by Crippen LogP contribution is 2.34. The standard InChI is InChI=1S/C16H19NOS/c1-12-14(19-16(2,3)4)10-11-15(17-12)18-13-8-6-5-7-9-13/h5-11H,1-4H3. The third kappa shape index (κ3) is 4.28. The summed E-state index contributed by atoms with van der Waals surface area (Å²) >= 11 is 1.82. The van der Waals surface area contributed by atoms with Crippen LogP contribution in [0.25, 0.3) is 0 Å². The maximum Gasteiger partial charge on any atom is 0.219 e. The van der Waals surface area contributed by atoms with Crippen molar-refractivity contribution in [1.29, 1.82) is 0 Å². The highest BCUT2D eigenvalue weighted by molar-refractivity contribution is 8.00. The number of hydrogen-bond donors (Lipinski definition) is 0. The second-order valence-electron chi connectivity index (χ2n) is 5.36. The van der Waals surface area contributed by atoms with Crippen molar-refractivity contribution >= 4 is 11.8 Å². The first kappa shape index (κ1) is 13.9. The summed E-state index contributed by atoms with van der Waals surface area (Å²) in [7, 11) is 0. The summed E-state index contributed by atoms with van der Waals surface area (Å²) in [6, 6.07) is 13.7. The van der Waals surface area contributed by atoms with Gasteiger partial charge in [0.15, 0.2) is 0 Å². The van der Waals surface area contributed by atoms with Gasteiger partial charge in [-0.1, -0.05) is 39.0 Å². The van der Waals surface area contributed by atoms with Crippen LogP contribution in [0.1, 0.15) is 26.5 Å². The molecule has 0 atom stereocenters. The molecule has 19 heavy (non-hydrogen) atoms. The van der Waals surface area contributed by atoms with Gasteiger partial charge in [-0.3, -0.25) is 0 Å². The molecule has 1 aromatic heterocycles. The molecular formula is C16H19NOS. The summed E-state index contributed by atoms with van der Waals surface area (Å²) in [5.74, 6) is 1.45. The van der Waals surface area contributed by atoms with Crippen LogP contribution in [0.3, 0.4) is 0 Å². The largest absolute Gasteiger partial charge is 0.439 e. The van der Waals surface area contributed by atoms with Crippen molar-refractivity contribution in [2.75, 3.05) is 0 Å². The normalized spacial score (nSPS) is 11.4. The molecule has 0 aliphatic heterocycles. The zero-order valence-electron chi connectivity index (χ0n) is 11.8. The van der Waals surface area contributed by atoms with E-state index >= 15 is 0 Å². The van der Waals surface area contributed by atoms with Crippen LogP contribution in [-0.2, 0) is 0 Å². The minimum Gasteiger partial charge on any atom is -0.439 e. The van der Waals surface area contributed by atoms with E-state index in [0.29, 0.717) is 5.88 Å². The lowest BCUT2D eigenvalue weighted by atomic mass is 10.3. The molecule has 3 heteroatoms. The van der Waals surface area contributed by atoms with Gasteiger partial charge in [0.25, 0.3) is 0 Å². The average Bonchev–Trinajstić information content (AvgIpc) is 2.33. The van der Waals surface area contributed by atoms with E-state index in [4.69, 9.17) is 4.74 Å². The summed E-state index contributed by atoms with van der Waals surface area (Å²) < 4.78 is 5.91. The van der Waals surface area contributed by atoms with E-state index in [9.17, 15) is 0 Å². The number of benzene rings is 1. The van der Waals surface area contributed by atoms with Crippen molar-refractivity contribution in [3.8, 4) is 11.6 Å². The Morgan fingerprint density at radius 2 is 1.68 bits per heavy atom. The fourth-order valence-corrected chi connectivity index (χ4v) is 2.62. The highest BCUT2D eigenvalue weighted by atomic mass is 32.2. The van der Waals surface area contributed by atoms with Crippen molar-refractivity contribution < 1.29 is 4.74 Å². The molecule has 0 bridgehead atoms. The number of aromatic nitrogens is 1. The molecule has 1 aromatic carbocycles. The van der Waals surface area contributed by atoms with Gasteiger partial charge in [-0.15, -0.1) is 11.8 Å². The number of hydrogen-bond acceptors (Lipinski definition) is 3. The third-order valence-corrected chi connectivity index (χ3v) is 3.66. The van der Waals surface area contributed by atoms with Crippen LogP contribution in [0.2, 0.25) is 0 Å². The van der Waals surface area contributed by atoms with Gasteiger partial charge in [0.05, 0.1) is 5.69 Å². The lowest BCUT2D eigenvalue weighted by Crippen LogP contribution is -2.07. The van der Waals surface area contributed by atoms with Crippen molar-refractivity contribution in [1.82, 2.24) is 4.98 Å². The SMILES string of the molecule is Cc1nc(Oc2ccccc2)ccc1SC(C)(C)C. The zero-order valence-corrected chi connectivity index (χ0v) is 12.6. The van der Waals surface area contributed by atoms with E-state index < -0.39 is 0 Å². The molecule has 0 fully saturated rings. The van der Waals surface area contributed by atoms with E-state index in [1.165, 1.54) is 4.90 Å². The molecule has 0 unspecified atom stereocenters. The summed E-state index contributed by atoms with van der Waals surface area (Å²) in [5, 5.41) is 0. The van der Waals surface area contributed by atoms with Gasteiger partial charge in [-0.2, -0.15) is 0 Å². The quantitative estimate of drug-likeness (QED) is 0.729. The lowest BCUT2D eigenvalue weighted by Gasteiger charge is -2.18. The van der Waals surface area contributed by atoms with Gasteiger partial charge >= 0.3 is 0 Å². The summed E-state index contributed by atoms with van der Waals surface area (Å²) in [5.41, 5.74) is 1.01. The molecule has 2 rings (SSSR count). The molecule has 2 nitrogen and oxygen atoms in total. The predicted octanol–water partition coefficient (Wildman–Crippen LogP) is 5.07. The molecule has 0 aliphatic rings. The first-order valence-corrected chi connectivity index (χ1v) is 7.15. The number of rotatable bonds is 3. The van der Waals surface area contributed by atoms with Gasteiger partial charge in [-0.05, 0) is 25.1 Å². The fraction of sp³-hybridized carbons (Fsp3) is 0.312. The molecule has 0 aliphatic carbocycles. The Morgan fingerprint density at radius 1 is 1.00 bits per heavy atom. The van der Waals surface area contributed by atoms with Crippen molar-refractivity contribution in [3.63, 3.8) is 0 Å². The molecule has 0 N–H and O–H groups in total. The summed E-state index contributed by atoms with van der Waals surface area (Å²) in [6.45, 7) is 8.62. The first-order chi connectivity index (χ1) is 8.94. The van der Waals surface area contributed by atoms with Crippen LogP contribution in [-0.4, -0.2) is 9.73 Å². The Bertz CT molecular complexity index is 546. The number of nitrogens with zero attached hydrogens (tertiary/aromatic N) is 1. The van der Waals surface area contributed by atoms with Crippen molar-refractivity contribution in [2.45, 2.75) is 37.3 Å². The Morgan fingerprint density at radius 3 is 2.26 bits per heavy atom. The molecule has 1 heterocycles.